The van der Waals surface area contributed by atoms with E-state index in [1.54, 1.807) is 7.05 Å². The highest BCUT2D eigenvalue weighted by Crippen LogP contribution is 2.23. The summed E-state index contributed by atoms with van der Waals surface area (Å²) in [4.78, 5) is 25.9. The van der Waals surface area contributed by atoms with Gasteiger partial charge in [0.2, 0.25) is 5.91 Å². The van der Waals surface area contributed by atoms with E-state index in [0.717, 1.165) is 51.6 Å². The van der Waals surface area contributed by atoms with E-state index in [1.807, 2.05) is 4.90 Å². The van der Waals surface area contributed by atoms with Crippen molar-refractivity contribution < 1.29 is 9.59 Å². The number of hydrogen-bond acceptors (Lipinski definition) is 2. The Balaban J connectivity index is 1.39. The molecule has 0 unspecified atom stereocenters. The van der Waals surface area contributed by atoms with Crippen LogP contribution in [0, 0.1) is 5.92 Å². The van der Waals surface area contributed by atoms with Gasteiger partial charge >= 0.3 is 6.03 Å². The predicted octanol–water partition coefficient (Wildman–Crippen LogP) is 3.66. The molecule has 1 saturated carbocycles. The molecule has 28 heavy (non-hydrogen) atoms. The number of rotatable bonds is 6. The monoisotopic (exact) mass is 385 g/mol. The summed E-state index contributed by atoms with van der Waals surface area (Å²) < 4.78 is 0. The lowest BCUT2D eigenvalue weighted by molar-refractivity contribution is -0.120. The molecule has 5 nitrogen and oxygen atoms in total. The van der Waals surface area contributed by atoms with Gasteiger partial charge in [0.05, 0.1) is 0 Å². The summed E-state index contributed by atoms with van der Waals surface area (Å²) >= 11 is 0. The normalized spacial score (nSPS) is 18.7. The summed E-state index contributed by atoms with van der Waals surface area (Å²) in [6.07, 6.45) is 10.6. The van der Waals surface area contributed by atoms with Crippen LogP contribution in [-0.4, -0.2) is 43.0 Å². The fraction of sp³-hybridized carbons (Fsp3) is 0.652. The predicted molar refractivity (Wildman–Crippen MR) is 112 cm³/mol. The Bertz CT molecular complexity index is 630. The zero-order valence-corrected chi connectivity index (χ0v) is 17.2. The number of nitrogens with zero attached hydrogens (tertiary/aromatic N) is 1. The molecular formula is C23H35N3O2. The van der Waals surface area contributed by atoms with Crippen LogP contribution in [0.15, 0.2) is 24.3 Å². The summed E-state index contributed by atoms with van der Waals surface area (Å²) in [5.41, 5.74) is 2.57. The summed E-state index contributed by atoms with van der Waals surface area (Å²) in [6, 6.07) is 9.21. The van der Waals surface area contributed by atoms with Crippen LogP contribution >= 0.6 is 0 Å². The van der Waals surface area contributed by atoms with Crippen molar-refractivity contribution in [3.05, 3.63) is 35.4 Å². The molecule has 3 rings (SSSR count). The maximum absolute atomic E-state index is 12.5. The number of aryl methyl sites for hydroxylation is 1. The molecule has 1 saturated heterocycles. The molecule has 2 aliphatic rings. The molecule has 0 spiro atoms. The van der Waals surface area contributed by atoms with E-state index in [0.29, 0.717) is 18.4 Å². The summed E-state index contributed by atoms with van der Waals surface area (Å²) in [6.45, 7) is 1.74. The topological polar surface area (TPSA) is 61.4 Å². The highest BCUT2D eigenvalue weighted by atomic mass is 16.2. The van der Waals surface area contributed by atoms with E-state index in [2.05, 4.69) is 34.9 Å². The molecule has 1 aliphatic carbocycles. The number of carbonyl (C=O) groups excluding carboxylic acids is 2. The van der Waals surface area contributed by atoms with E-state index < -0.39 is 0 Å². The van der Waals surface area contributed by atoms with Crippen LogP contribution in [0.2, 0.25) is 0 Å². The number of amides is 3. The third kappa shape index (κ3) is 6.25. The van der Waals surface area contributed by atoms with Crippen molar-refractivity contribution >= 4 is 11.9 Å². The third-order valence-corrected chi connectivity index (χ3v) is 6.30. The van der Waals surface area contributed by atoms with Crippen LogP contribution < -0.4 is 10.6 Å². The average Bonchev–Trinajstić information content (AvgIpc) is 2.74. The van der Waals surface area contributed by atoms with Gasteiger partial charge in [-0.3, -0.25) is 4.79 Å². The first kappa shape index (κ1) is 20.7. The lowest BCUT2D eigenvalue weighted by Gasteiger charge is -2.34. The van der Waals surface area contributed by atoms with Crippen molar-refractivity contribution in [2.75, 3.05) is 20.1 Å². The minimum Gasteiger partial charge on any atom is -0.359 e. The Morgan fingerprint density at radius 3 is 2.25 bits per heavy atom. The van der Waals surface area contributed by atoms with Crippen molar-refractivity contribution in [3.8, 4) is 0 Å². The standard InChI is InChI=1S/C23H35N3O2/c1-24-22(27)12-11-18-7-9-19(10-8-18)17-20-13-15-26(16-14-20)23(28)25-21-5-3-2-4-6-21/h7-10,20-21H,2-6,11-17H2,1H3,(H,24,27)(H,25,28). The van der Waals surface area contributed by atoms with Gasteiger partial charge in [0, 0.05) is 32.6 Å². The van der Waals surface area contributed by atoms with Crippen LogP contribution in [0.3, 0.4) is 0 Å². The van der Waals surface area contributed by atoms with Gasteiger partial charge in [-0.1, -0.05) is 43.5 Å². The number of nitrogens with one attached hydrogen (secondary N) is 2. The molecule has 1 heterocycles. The third-order valence-electron chi connectivity index (χ3n) is 6.30. The number of urea groups is 1. The molecule has 2 fully saturated rings. The van der Waals surface area contributed by atoms with Gasteiger partial charge in [-0.25, -0.2) is 4.79 Å². The van der Waals surface area contributed by atoms with Crippen molar-refractivity contribution in [3.63, 3.8) is 0 Å². The molecule has 1 aliphatic heterocycles. The minimum absolute atomic E-state index is 0.0864. The van der Waals surface area contributed by atoms with Gasteiger partial charge in [-0.15, -0.1) is 0 Å². The molecule has 0 bridgehead atoms. The first-order valence-corrected chi connectivity index (χ1v) is 11.0. The second kappa shape index (κ2) is 10.5. The number of carbonyl (C=O) groups is 2. The number of benzene rings is 1. The van der Waals surface area contributed by atoms with Gasteiger partial charge in [0.15, 0.2) is 0 Å². The molecule has 0 radical (unpaired) electrons. The molecule has 154 valence electrons. The molecule has 3 amide bonds. The number of hydrogen-bond donors (Lipinski definition) is 2. The van der Waals surface area contributed by atoms with Crippen LogP contribution in [-0.2, 0) is 17.6 Å². The van der Waals surface area contributed by atoms with Gasteiger partial charge in [0.25, 0.3) is 0 Å². The van der Waals surface area contributed by atoms with Crippen molar-refractivity contribution in [1.82, 2.24) is 15.5 Å². The molecule has 1 aromatic carbocycles. The van der Waals surface area contributed by atoms with Crippen LogP contribution in [0.25, 0.3) is 0 Å². The zero-order valence-electron chi connectivity index (χ0n) is 17.2. The number of likely N-dealkylation sites (tertiary alicyclic amines) is 1. The minimum atomic E-state index is 0.0864. The van der Waals surface area contributed by atoms with E-state index in [-0.39, 0.29) is 11.9 Å². The average molecular weight is 386 g/mol. The molecular weight excluding hydrogens is 350 g/mol. The van der Waals surface area contributed by atoms with E-state index >= 15 is 0 Å². The maximum atomic E-state index is 12.5. The lowest BCUT2D eigenvalue weighted by atomic mass is 9.90. The van der Waals surface area contributed by atoms with Crippen molar-refractivity contribution in [1.29, 1.82) is 0 Å². The Labute approximate surface area is 169 Å². The maximum Gasteiger partial charge on any atom is 0.317 e. The van der Waals surface area contributed by atoms with Gasteiger partial charge in [-0.2, -0.15) is 0 Å². The lowest BCUT2D eigenvalue weighted by Crippen LogP contribution is -2.48. The Kier molecular flexibility index (Phi) is 7.75. The Hall–Kier alpha value is -2.04. The molecule has 1 aromatic rings. The van der Waals surface area contributed by atoms with Gasteiger partial charge < -0.3 is 15.5 Å². The first-order chi connectivity index (χ1) is 13.6. The van der Waals surface area contributed by atoms with E-state index in [1.165, 1.54) is 30.4 Å². The SMILES string of the molecule is CNC(=O)CCc1ccc(CC2CCN(C(=O)NC3CCCCC3)CC2)cc1. The van der Waals surface area contributed by atoms with E-state index in [4.69, 9.17) is 0 Å². The summed E-state index contributed by atoms with van der Waals surface area (Å²) in [7, 11) is 1.68. The zero-order chi connectivity index (χ0) is 19.8. The Morgan fingerprint density at radius 1 is 0.964 bits per heavy atom. The van der Waals surface area contributed by atoms with Crippen LogP contribution in [0.1, 0.15) is 62.5 Å². The van der Waals surface area contributed by atoms with Gasteiger partial charge in [-0.05, 0) is 55.6 Å². The smallest absolute Gasteiger partial charge is 0.317 e. The molecule has 0 aromatic heterocycles. The molecule has 5 heteroatoms. The highest BCUT2D eigenvalue weighted by Gasteiger charge is 2.25. The second-order valence-corrected chi connectivity index (χ2v) is 8.41. The largest absolute Gasteiger partial charge is 0.359 e. The van der Waals surface area contributed by atoms with Crippen LogP contribution in [0.4, 0.5) is 4.79 Å². The van der Waals surface area contributed by atoms with Crippen molar-refractivity contribution in [2.24, 2.45) is 5.92 Å². The summed E-state index contributed by atoms with van der Waals surface area (Å²) in [5, 5.41) is 5.91. The second-order valence-electron chi connectivity index (χ2n) is 8.41. The molecule has 0 atom stereocenters. The number of piperidine rings is 1. The fourth-order valence-electron chi connectivity index (χ4n) is 4.41. The summed E-state index contributed by atoms with van der Waals surface area (Å²) in [5.74, 6) is 0.735. The van der Waals surface area contributed by atoms with Crippen molar-refractivity contribution in [2.45, 2.75) is 70.3 Å². The van der Waals surface area contributed by atoms with E-state index in [9.17, 15) is 9.59 Å². The quantitative estimate of drug-likeness (QED) is 0.785. The fourth-order valence-corrected chi connectivity index (χ4v) is 4.41. The Morgan fingerprint density at radius 2 is 1.61 bits per heavy atom. The highest BCUT2D eigenvalue weighted by molar-refractivity contribution is 5.75. The first-order valence-electron chi connectivity index (χ1n) is 11.0. The van der Waals surface area contributed by atoms with Crippen LogP contribution in [0.5, 0.6) is 0 Å². The molecule has 2 N–H and O–H groups in total. The van der Waals surface area contributed by atoms with Gasteiger partial charge in [0.1, 0.15) is 0 Å².